The van der Waals surface area contributed by atoms with Crippen molar-refractivity contribution in [1.29, 1.82) is 0 Å². The molecule has 3 aromatic carbocycles. The Morgan fingerprint density at radius 1 is 0.892 bits per heavy atom. The van der Waals surface area contributed by atoms with E-state index in [4.69, 9.17) is 14.2 Å². The molecule has 0 saturated heterocycles. The number of aromatic nitrogens is 1. The van der Waals surface area contributed by atoms with Gasteiger partial charge in [0.2, 0.25) is 6.79 Å². The minimum atomic E-state index is -0.0186. The first-order valence-corrected chi connectivity index (χ1v) is 12.8. The summed E-state index contributed by atoms with van der Waals surface area (Å²) in [6.45, 7) is 1.46. The van der Waals surface area contributed by atoms with Gasteiger partial charge >= 0.3 is 0 Å². The van der Waals surface area contributed by atoms with Gasteiger partial charge < -0.3 is 29.2 Å². The van der Waals surface area contributed by atoms with Crippen molar-refractivity contribution >= 4 is 16.8 Å². The number of hydrogen-bond acceptors (Lipinski definition) is 5. The monoisotopic (exact) mass is 498 g/mol. The van der Waals surface area contributed by atoms with E-state index in [1.54, 1.807) is 13.2 Å². The van der Waals surface area contributed by atoms with Gasteiger partial charge in [0.05, 0.1) is 7.11 Å². The van der Waals surface area contributed by atoms with Crippen LogP contribution in [0.5, 0.6) is 23.0 Å². The molecule has 2 bridgehead atoms. The standard InChI is InChI=1S/C30H30N2O5/c1-35-24-7-8-25-23(14-24)15-26(31-25)30(34)32-11-2-3-20-16-28-29(37-18-36-28)17-21(20)5-6-22-13-19(10-12-32)4-9-27(22)33/h4,7-9,13-17,31,33H,2-3,5-6,10-12,18H2,1H3. The number of nitrogens with one attached hydrogen (secondary N) is 1. The minimum Gasteiger partial charge on any atom is -0.508 e. The molecule has 2 aliphatic rings. The highest BCUT2D eigenvalue weighted by molar-refractivity contribution is 5.98. The van der Waals surface area contributed by atoms with Gasteiger partial charge in [0, 0.05) is 24.0 Å². The van der Waals surface area contributed by atoms with Crippen LogP contribution in [0.3, 0.4) is 0 Å². The van der Waals surface area contributed by atoms with Crippen LogP contribution in [0.1, 0.15) is 39.2 Å². The fraction of sp³-hybridized carbons (Fsp3) is 0.300. The Balaban J connectivity index is 1.31. The Kier molecular flexibility index (Phi) is 6.12. The van der Waals surface area contributed by atoms with Crippen LogP contribution in [0, 0.1) is 0 Å². The van der Waals surface area contributed by atoms with E-state index in [0.717, 1.165) is 71.4 Å². The van der Waals surface area contributed by atoms with Crippen molar-refractivity contribution in [3.63, 3.8) is 0 Å². The largest absolute Gasteiger partial charge is 0.508 e. The normalized spacial score (nSPS) is 15.4. The summed E-state index contributed by atoms with van der Waals surface area (Å²) in [5.74, 6) is 2.59. The SMILES string of the molecule is COc1ccc2[nH]c(C(=O)N3CCCc4cc5c(cc4CCc4cc(ccc4O)CC3)OCO5)cc2c1. The van der Waals surface area contributed by atoms with E-state index in [1.807, 2.05) is 35.2 Å². The number of benzene rings is 3. The van der Waals surface area contributed by atoms with Gasteiger partial charge in [0.1, 0.15) is 17.2 Å². The lowest BCUT2D eigenvalue weighted by atomic mass is 9.95. The summed E-state index contributed by atoms with van der Waals surface area (Å²) in [5, 5.41) is 11.5. The molecular weight excluding hydrogens is 468 g/mol. The summed E-state index contributed by atoms with van der Waals surface area (Å²) in [6, 6.07) is 17.6. The number of carbonyl (C=O) groups is 1. The number of aromatic hydroxyl groups is 1. The number of amides is 1. The second kappa shape index (κ2) is 9.73. The van der Waals surface area contributed by atoms with E-state index in [-0.39, 0.29) is 12.7 Å². The van der Waals surface area contributed by atoms with Gasteiger partial charge in [-0.15, -0.1) is 0 Å². The molecule has 2 aliphatic heterocycles. The first-order valence-electron chi connectivity index (χ1n) is 12.8. The summed E-state index contributed by atoms with van der Waals surface area (Å²) in [5.41, 5.74) is 5.89. The van der Waals surface area contributed by atoms with Crippen LogP contribution in [-0.2, 0) is 25.7 Å². The molecule has 0 unspecified atom stereocenters. The highest BCUT2D eigenvalue weighted by atomic mass is 16.7. The maximum atomic E-state index is 13.7. The highest BCUT2D eigenvalue weighted by Gasteiger charge is 2.21. The molecule has 0 saturated carbocycles. The summed E-state index contributed by atoms with van der Waals surface area (Å²) in [6.07, 6.45) is 3.89. The van der Waals surface area contributed by atoms with Gasteiger partial charge in [-0.25, -0.2) is 0 Å². The van der Waals surface area contributed by atoms with Gasteiger partial charge in [-0.05, 0) is 96.8 Å². The van der Waals surface area contributed by atoms with E-state index < -0.39 is 0 Å². The number of ether oxygens (including phenoxy) is 3. The molecule has 2 N–H and O–H groups in total. The number of phenolic OH excluding ortho intramolecular Hbond substituents is 1. The molecule has 0 radical (unpaired) electrons. The number of aromatic amines is 1. The molecule has 4 aromatic rings. The Hall–Kier alpha value is -4.13. The second-order valence-corrected chi connectivity index (χ2v) is 9.72. The molecular formula is C30H30N2O5. The first-order chi connectivity index (χ1) is 18.1. The lowest BCUT2D eigenvalue weighted by Gasteiger charge is -2.22. The molecule has 1 aromatic heterocycles. The molecule has 7 nitrogen and oxygen atoms in total. The third kappa shape index (κ3) is 4.69. The van der Waals surface area contributed by atoms with Crippen molar-refractivity contribution in [1.82, 2.24) is 9.88 Å². The van der Waals surface area contributed by atoms with Crippen molar-refractivity contribution in [2.45, 2.75) is 32.1 Å². The Bertz CT molecular complexity index is 1470. The van der Waals surface area contributed by atoms with Crippen molar-refractivity contribution in [2.75, 3.05) is 27.0 Å². The predicted octanol–water partition coefficient (Wildman–Crippen LogP) is 5.03. The van der Waals surface area contributed by atoms with Crippen molar-refractivity contribution in [2.24, 2.45) is 0 Å². The molecule has 0 atom stereocenters. The maximum absolute atomic E-state index is 13.7. The average Bonchev–Trinajstić information content (AvgIpc) is 3.55. The first kappa shape index (κ1) is 23.3. The number of aryl methyl sites for hydroxylation is 3. The van der Waals surface area contributed by atoms with Gasteiger partial charge in [0.25, 0.3) is 5.91 Å². The lowest BCUT2D eigenvalue weighted by molar-refractivity contribution is 0.0750. The number of fused-ring (bicyclic) bond motifs is 5. The number of nitrogens with zero attached hydrogens (tertiary/aromatic N) is 1. The van der Waals surface area contributed by atoms with Gasteiger partial charge in [-0.3, -0.25) is 4.79 Å². The lowest BCUT2D eigenvalue weighted by Crippen LogP contribution is -2.34. The summed E-state index contributed by atoms with van der Waals surface area (Å²) >= 11 is 0. The second-order valence-electron chi connectivity index (χ2n) is 9.72. The van der Waals surface area contributed by atoms with Crippen LogP contribution in [0.4, 0.5) is 0 Å². The Labute approximate surface area is 215 Å². The maximum Gasteiger partial charge on any atom is 0.270 e. The van der Waals surface area contributed by atoms with E-state index in [0.29, 0.717) is 24.5 Å². The molecule has 0 aliphatic carbocycles. The van der Waals surface area contributed by atoms with E-state index in [1.165, 1.54) is 11.1 Å². The number of H-pyrrole nitrogens is 1. The van der Waals surface area contributed by atoms with Gasteiger partial charge in [-0.1, -0.05) is 12.1 Å². The van der Waals surface area contributed by atoms with Gasteiger partial charge in [-0.2, -0.15) is 0 Å². The summed E-state index contributed by atoms with van der Waals surface area (Å²) in [4.78, 5) is 18.9. The van der Waals surface area contributed by atoms with Crippen LogP contribution in [0.25, 0.3) is 10.9 Å². The van der Waals surface area contributed by atoms with Gasteiger partial charge in [0.15, 0.2) is 11.5 Å². The molecule has 6 rings (SSSR count). The molecule has 37 heavy (non-hydrogen) atoms. The third-order valence-corrected chi connectivity index (χ3v) is 7.39. The number of carbonyl (C=O) groups excluding carboxylic acids is 1. The van der Waals surface area contributed by atoms with E-state index in [2.05, 4.69) is 23.2 Å². The van der Waals surface area contributed by atoms with Crippen LogP contribution in [0.2, 0.25) is 0 Å². The van der Waals surface area contributed by atoms with Crippen LogP contribution < -0.4 is 14.2 Å². The molecule has 3 heterocycles. The molecule has 1 amide bonds. The quantitative estimate of drug-likeness (QED) is 0.405. The number of methoxy groups -OCH3 is 1. The zero-order chi connectivity index (χ0) is 25.4. The Morgan fingerprint density at radius 2 is 1.68 bits per heavy atom. The average molecular weight is 499 g/mol. The number of rotatable bonds is 2. The molecule has 190 valence electrons. The van der Waals surface area contributed by atoms with Crippen LogP contribution in [-0.4, -0.2) is 47.9 Å². The highest BCUT2D eigenvalue weighted by Crippen LogP contribution is 2.36. The summed E-state index contributed by atoms with van der Waals surface area (Å²) < 4.78 is 16.6. The fourth-order valence-corrected chi connectivity index (χ4v) is 5.32. The molecule has 7 heteroatoms. The van der Waals surface area contributed by atoms with Crippen molar-refractivity contribution < 1.29 is 24.1 Å². The zero-order valence-electron chi connectivity index (χ0n) is 20.9. The van der Waals surface area contributed by atoms with Crippen LogP contribution >= 0.6 is 0 Å². The van der Waals surface area contributed by atoms with Crippen molar-refractivity contribution in [3.05, 3.63) is 82.5 Å². The topological polar surface area (TPSA) is 84.0 Å². The van der Waals surface area contributed by atoms with E-state index in [9.17, 15) is 9.90 Å². The number of hydrogen-bond donors (Lipinski definition) is 2. The molecule has 0 spiro atoms. The van der Waals surface area contributed by atoms with Crippen molar-refractivity contribution in [3.8, 4) is 23.0 Å². The van der Waals surface area contributed by atoms with E-state index >= 15 is 0 Å². The fourth-order valence-electron chi connectivity index (χ4n) is 5.32. The third-order valence-electron chi connectivity index (χ3n) is 7.39. The number of phenols is 1. The zero-order valence-corrected chi connectivity index (χ0v) is 20.9. The smallest absolute Gasteiger partial charge is 0.270 e. The summed E-state index contributed by atoms with van der Waals surface area (Å²) in [7, 11) is 1.64. The Morgan fingerprint density at radius 3 is 2.49 bits per heavy atom. The minimum absolute atomic E-state index is 0.0186. The predicted molar refractivity (Wildman–Crippen MR) is 141 cm³/mol. The molecule has 0 fully saturated rings. The van der Waals surface area contributed by atoms with Crippen LogP contribution in [0.15, 0.2) is 54.6 Å².